The zero-order valence-electron chi connectivity index (χ0n) is 24.8. The average molecular weight is 564 g/mol. The molecule has 3 heterocycles. The predicted octanol–water partition coefficient (Wildman–Crippen LogP) is 5.48. The van der Waals surface area contributed by atoms with Gasteiger partial charge in [-0.1, -0.05) is 44.2 Å². The Morgan fingerprint density at radius 3 is 2.40 bits per heavy atom. The number of aryl methyl sites for hydroxylation is 1. The summed E-state index contributed by atoms with van der Waals surface area (Å²) in [6.45, 7) is 17.0. The Morgan fingerprint density at radius 2 is 1.75 bits per heavy atom. The van der Waals surface area contributed by atoms with Crippen LogP contribution < -0.4 is 4.73 Å². The summed E-state index contributed by atoms with van der Waals surface area (Å²) in [6.07, 6.45) is 7.39. The zero-order valence-corrected chi connectivity index (χ0v) is 24.8. The maximum absolute atomic E-state index is 13.3. The van der Waals surface area contributed by atoms with Crippen molar-refractivity contribution < 1.29 is 27.9 Å². The van der Waals surface area contributed by atoms with E-state index in [1.54, 1.807) is 25.3 Å². The number of piperidine rings is 1. The molecule has 0 radical (unpaired) electrons. The van der Waals surface area contributed by atoms with Gasteiger partial charge in [0, 0.05) is 61.4 Å². The maximum atomic E-state index is 13.3. The van der Waals surface area contributed by atoms with Crippen molar-refractivity contribution in [1.82, 2.24) is 14.7 Å². The fraction of sp³-hybridized carbons (Fsp3) is 0.613. The summed E-state index contributed by atoms with van der Waals surface area (Å²) in [6, 6.07) is 1.85. The molecule has 1 aromatic rings. The van der Waals surface area contributed by atoms with Crippen LogP contribution in [0.3, 0.4) is 0 Å². The minimum absolute atomic E-state index is 0.0126. The molecule has 3 aliphatic rings. The van der Waals surface area contributed by atoms with Gasteiger partial charge in [-0.2, -0.15) is 13.2 Å². The highest BCUT2D eigenvalue weighted by molar-refractivity contribution is 5.96. The van der Waals surface area contributed by atoms with Crippen LogP contribution in [-0.4, -0.2) is 82.8 Å². The van der Waals surface area contributed by atoms with Crippen molar-refractivity contribution in [3.63, 3.8) is 0 Å². The van der Waals surface area contributed by atoms with E-state index in [1.165, 1.54) is 12.2 Å². The number of likely N-dealkylation sites (tertiary alicyclic amines) is 1. The van der Waals surface area contributed by atoms with E-state index in [4.69, 9.17) is 0 Å². The number of carbonyl (C=O) groups excluding carboxylic acids is 1. The topological polar surface area (TPSA) is 50.9 Å². The van der Waals surface area contributed by atoms with Crippen LogP contribution in [0.1, 0.15) is 68.6 Å². The highest BCUT2D eigenvalue weighted by atomic mass is 19.4. The van der Waals surface area contributed by atoms with Gasteiger partial charge in [-0.25, -0.2) is 0 Å². The van der Waals surface area contributed by atoms with Gasteiger partial charge in [-0.05, 0) is 58.7 Å². The molecule has 9 heteroatoms. The molecular formula is C31H46F3N4O2+. The SMILES string of the molecule is CC.Cc1cc[n+](O)c(C)c1C(=O)N1CCC(C)(N2CCCN([C@@H](C)C3C=CC=C(C(F)(F)F)C=C3)CC2)CC1. The quantitative estimate of drug-likeness (QED) is 0.390. The molecule has 2 saturated heterocycles. The molecule has 1 amide bonds. The second-order valence-electron chi connectivity index (χ2n) is 11.2. The molecule has 2 aliphatic heterocycles. The molecule has 222 valence electrons. The summed E-state index contributed by atoms with van der Waals surface area (Å²) in [7, 11) is 0. The van der Waals surface area contributed by atoms with Gasteiger partial charge >= 0.3 is 6.18 Å². The first-order chi connectivity index (χ1) is 18.9. The molecule has 1 unspecified atom stereocenters. The number of halogens is 3. The molecule has 1 aromatic heterocycles. The first-order valence-electron chi connectivity index (χ1n) is 14.5. The van der Waals surface area contributed by atoms with Gasteiger partial charge in [-0.15, -0.1) is 0 Å². The number of amides is 1. The van der Waals surface area contributed by atoms with Crippen LogP contribution in [-0.2, 0) is 0 Å². The van der Waals surface area contributed by atoms with Crippen molar-refractivity contribution >= 4 is 5.91 Å². The molecule has 0 aromatic carbocycles. The standard InChI is InChI=1S/C29H40F3N4O2.C2H6/c1-21-11-16-36(38)23(3)26(21)27(37)34-17-12-28(4,13-18-34)35-15-6-14-33(19-20-35)22(2)24-7-5-8-25(10-9-24)29(30,31)32;1-2/h5,7-11,16,22,24,38H,6,12-15,17-20H2,1-4H3;1-2H3/q+1;/t22-,24?;/m0./s1. The molecule has 0 spiro atoms. The van der Waals surface area contributed by atoms with Gasteiger partial charge in [0.15, 0.2) is 0 Å². The molecule has 1 N–H and O–H groups in total. The lowest BCUT2D eigenvalue weighted by Gasteiger charge is -2.46. The van der Waals surface area contributed by atoms with Gasteiger partial charge in [0.25, 0.3) is 5.91 Å². The minimum Gasteiger partial charge on any atom is -0.338 e. The smallest absolute Gasteiger partial charge is 0.338 e. The first kappa shape index (κ1) is 31.9. The van der Waals surface area contributed by atoms with E-state index in [2.05, 4.69) is 23.6 Å². The maximum Gasteiger partial charge on any atom is 0.416 e. The Balaban J connectivity index is 0.00000216. The highest BCUT2D eigenvalue weighted by Gasteiger charge is 2.39. The van der Waals surface area contributed by atoms with Crippen LogP contribution in [0.4, 0.5) is 13.2 Å². The number of nitrogens with zero attached hydrogens (tertiary/aromatic N) is 4. The largest absolute Gasteiger partial charge is 0.416 e. The Hall–Kier alpha value is -2.65. The molecule has 6 nitrogen and oxygen atoms in total. The Kier molecular flexibility index (Phi) is 10.6. The van der Waals surface area contributed by atoms with Gasteiger partial charge in [0.1, 0.15) is 5.56 Å². The molecule has 1 aliphatic carbocycles. The number of aromatic nitrogens is 1. The molecular weight excluding hydrogens is 517 g/mol. The minimum atomic E-state index is -4.34. The lowest BCUT2D eigenvalue weighted by molar-refractivity contribution is -0.908. The van der Waals surface area contributed by atoms with Gasteiger partial charge in [-0.3, -0.25) is 19.8 Å². The summed E-state index contributed by atoms with van der Waals surface area (Å²) in [5.74, 6) is -0.112. The van der Waals surface area contributed by atoms with E-state index in [0.717, 1.165) is 61.8 Å². The van der Waals surface area contributed by atoms with Crippen molar-refractivity contribution in [3.05, 3.63) is 65.0 Å². The lowest BCUT2D eigenvalue weighted by atomic mass is 9.87. The fourth-order valence-electron chi connectivity index (χ4n) is 6.03. The normalized spacial score (nSPS) is 23.0. The predicted molar refractivity (Wildman–Crippen MR) is 151 cm³/mol. The van der Waals surface area contributed by atoms with Gasteiger partial charge in [0.05, 0.1) is 5.57 Å². The second-order valence-corrected chi connectivity index (χ2v) is 11.2. The van der Waals surface area contributed by atoms with E-state index < -0.39 is 11.7 Å². The van der Waals surface area contributed by atoms with Crippen molar-refractivity contribution in [3.8, 4) is 0 Å². The van der Waals surface area contributed by atoms with Crippen molar-refractivity contribution in [2.24, 2.45) is 5.92 Å². The highest BCUT2D eigenvalue weighted by Crippen LogP contribution is 2.32. The second kappa shape index (κ2) is 13.3. The monoisotopic (exact) mass is 563 g/mol. The molecule has 40 heavy (non-hydrogen) atoms. The van der Waals surface area contributed by atoms with Crippen molar-refractivity contribution in [2.45, 2.75) is 78.6 Å². The average Bonchev–Trinajstić information content (AvgIpc) is 3.34. The van der Waals surface area contributed by atoms with Crippen LogP contribution in [0.25, 0.3) is 0 Å². The number of allylic oxidation sites excluding steroid dienone is 4. The molecule has 2 fully saturated rings. The third kappa shape index (κ3) is 7.16. The summed E-state index contributed by atoms with van der Waals surface area (Å²) in [4.78, 5) is 20.1. The number of hydrogen-bond donors (Lipinski definition) is 1. The number of carbonyl (C=O) groups is 1. The van der Waals surface area contributed by atoms with E-state index >= 15 is 0 Å². The Bertz CT molecular complexity index is 1120. The molecule has 4 rings (SSSR count). The van der Waals surface area contributed by atoms with E-state index in [9.17, 15) is 23.2 Å². The van der Waals surface area contributed by atoms with Crippen LogP contribution >= 0.6 is 0 Å². The summed E-state index contributed by atoms with van der Waals surface area (Å²) >= 11 is 0. The summed E-state index contributed by atoms with van der Waals surface area (Å²) in [5, 5.41) is 10.0. The fourth-order valence-corrected chi connectivity index (χ4v) is 6.03. The first-order valence-corrected chi connectivity index (χ1v) is 14.5. The van der Waals surface area contributed by atoms with Crippen LogP contribution in [0.15, 0.2) is 48.2 Å². The van der Waals surface area contributed by atoms with E-state index in [1.807, 2.05) is 31.7 Å². The summed E-state index contributed by atoms with van der Waals surface area (Å²) < 4.78 is 40.4. The summed E-state index contributed by atoms with van der Waals surface area (Å²) in [5.41, 5.74) is 1.35. The van der Waals surface area contributed by atoms with E-state index in [0.29, 0.717) is 24.3 Å². The molecule has 0 bridgehead atoms. The Labute approximate surface area is 237 Å². The van der Waals surface area contributed by atoms with Crippen molar-refractivity contribution in [1.29, 1.82) is 0 Å². The number of alkyl halides is 3. The molecule has 0 saturated carbocycles. The van der Waals surface area contributed by atoms with Gasteiger partial charge < -0.3 is 4.90 Å². The van der Waals surface area contributed by atoms with Crippen LogP contribution in [0.5, 0.6) is 0 Å². The number of hydrogen-bond acceptors (Lipinski definition) is 4. The van der Waals surface area contributed by atoms with E-state index in [-0.39, 0.29) is 23.4 Å². The third-order valence-corrected chi connectivity index (χ3v) is 8.77. The van der Waals surface area contributed by atoms with Gasteiger partial charge in [0.2, 0.25) is 11.9 Å². The Morgan fingerprint density at radius 1 is 1.07 bits per heavy atom. The number of rotatable bonds is 4. The molecule has 2 atom stereocenters. The van der Waals surface area contributed by atoms with Crippen LogP contribution in [0.2, 0.25) is 0 Å². The third-order valence-electron chi connectivity index (χ3n) is 8.77. The van der Waals surface area contributed by atoms with Crippen LogP contribution in [0, 0.1) is 19.8 Å². The number of pyridine rings is 1. The lowest BCUT2D eigenvalue weighted by Crippen LogP contribution is -2.55. The van der Waals surface area contributed by atoms with Crippen molar-refractivity contribution in [2.75, 3.05) is 39.3 Å². The zero-order chi connectivity index (χ0) is 29.7.